The van der Waals surface area contributed by atoms with Gasteiger partial charge in [0.05, 0.1) is 6.34 Å². The zero-order chi connectivity index (χ0) is 8.97. The molecule has 0 amide bonds. The second-order valence-corrected chi connectivity index (χ2v) is 2.47. The van der Waals surface area contributed by atoms with Crippen LogP contribution >= 0.6 is 0 Å². The highest BCUT2D eigenvalue weighted by Gasteiger charge is 1.95. The number of aliphatic imine (C=N–C) groups is 1. The molecule has 1 aromatic rings. The van der Waals surface area contributed by atoms with E-state index in [2.05, 4.69) is 15.0 Å². The van der Waals surface area contributed by atoms with E-state index < -0.39 is 0 Å². The molecule has 0 aliphatic carbocycles. The molecule has 0 saturated heterocycles. The van der Waals surface area contributed by atoms with Crippen molar-refractivity contribution in [2.75, 3.05) is 19.8 Å². The molecule has 0 radical (unpaired) electrons. The lowest BCUT2D eigenvalue weighted by molar-refractivity contribution is 0.643. The molecule has 5 nitrogen and oxygen atoms in total. The highest BCUT2D eigenvalue weighted by Crippen LogP contribution is 2.12. The van der Waals surface area contributed by atoms with Crippen LogP contribution in [0, 0.1) is 0 Å². The summed E-state index contributed by atoms with van der Waals surface area (Å²) in [6.45, 7) is 0. The van der Waals surface area contributed by atoms with Crippen molar-refractivity contribution in [2.24, 2.45) is 4.99 Å². The maximum Gasteiger partial charge on any atom is 0.196 e. The SMILES string of the molecule is CN(C)C=Nc1nccnc1N. The second-order valence-electron chi connectivity index (χ2n) is 2.47. The summed E-state index contributed by atoms with van der Waals surface area (Å²) >= 11 is 0. The Labute approximate surface area is 71.0 Å². The van der Waals surface area contributed by atoms with Gasteiger partial charge in [0, 0.05) is 26.5 Å². The largest absolute Gasteiger partial charge is 0.381 e. The third kappa shape index (κ3) is 2.19. The number of nitrogens with two attached hydrogens (primary N) is 1. The molecule has 0 spiro atoms. The predicted molar refractivity (Wildman–Crippen MR) is 48.3 cm³/mol. The minimum Gasteiger partial charge on any atom is -0.381 e. The van der Waals surface area contributed by atoms with E-state index in [4.69, 9.17) is 5.73 Å². The van der Waals surface area contributed by atoms with Crippen LogP contribution in [-0.4, -0.2) is 35.3 Å². The van der Waals surface area contributed by atoms with Gasteiger partial charge in [-0.25, -0.2) is 15.0 Å². The summed E-state index contributed by atoms with van der Waals surface area (Å²) < 4.78 is 0. The van der Waals surface area contributed by atoms with Crippen molar-refractivity contribution in [1.82, 2.24) is 14.9 Å². The van der Waals surface area contributed by atoms with Gasteiger partial charge in [-0.1, -0.05) is 0 Å². The molecule has 0 fully saturated rings. The fraction of sp³-hybridized carbons (Fsp3) is 0.286. The molecule has 5 heteroatoms. The zero-order valence-electron chi connectivity index (χ0n) is 7.10. The maximum atomic E-state index is 5.50. The molecular formula is C7H11N5. The topological polar surface area (TPSA) is 67.4 Å². The monoisotopic (exact) mass is 165 g/mol. The van der Waals surface area contributed by atoms with Crippen molar-refractivity contribution in [3.8, 4) is 0 Å². The third-order valence-electron chi connectivity index (χ3n) is 1.12. The first kappa shape index (κ1) is 8.45. The van der Waals surface area contributed by atoms with Crippen LogP contribution in [0.25, 0.3) is 0 Å². The number of hydrogen-bond donors (Lipinski definition) is 1. The fourth-order valence-electron chi connectivity index (χ4n) is 0.611. The lowest BCUT2D eigenvalue weighted by Crippen LogP contribution is -2.07. The number of nitrogens with zero attached hydrogens (tertiary/aromatic N) is 4. The third-order valence-corrected chi connectivity index (χ3v) is 1.12. The highest BCUT2D eigenvalue weighted by molar-refractivity contribution is 5.63. The van der Waals surface area contributed by atoms with E-state index in [-0.39, 0.29) is 0 Å². The Morgan fingerprint density at radius 3 is 2.67 bits per heavy atom. The minimum absolute atomic E-state index is 0.343. The summed E-state index contributed by atoms with van der Waals surface area (Å²) in [4.78, 5) is 13.6. The molecule has 0 bridgehead atoms. The van der Waals surface area contributed by atoms with Gasteiger partial charge in [-0.3, -0.25) is 0 Å². The molecule has 0 saturated carbocycles. The van der Waals surface area contributed by atoms with Gasteiger partial charge in [-0.05, 0) is 0 Å². The highest BCUT2D eigenvalue weighted by atomic mass is 15.1. The van der Waals surface area contributed by atoms with E-state index >= 15 is 0 Å². The summed E-state index contributed by atoms with van der Waals surface area (Å²) in [5, 5.41) is 0. The number of nitrogen functional groups attached to an aromatic ring is 1. The Hall–Kier alpha value is -1.65. The summed E-state index contributed by atoms with van der Waals surface area (Å²) in [6, 6.07) is 0. The van der Waals surface area contributed by atoms with E-state index in [1.165, 1.54) is 6.20 Å². The van der Waals surface area contributed by atoms with Gasteiger partial charge in [-0.15, -0.1) is 0 Å². The summed E-state index contributed by atoms with van der Waals surface area (Å²) in [7, 11) is 3.74. The number of anilines is 1. The molecule has 1 aromatic heterocycles. The molecule has 0 aromatic carbocycles. The summed E-state index contributed by atoms with van der Waals surface area (Å²) in [5.41, 5.74) is 5.50. The van der Waals surface area contributed by atoms with Crippen molar-refractivity contribution < 1.29 is 0 Å². The number of rotatable bonds is 2. The normalized spacial score (nSPS) is 10.5. The molecule has 64 valence electrons. The van der Waals surface area contributed by atoms with E-state index in [0.717, 1.165) is 0 Å². The molecule has 1 rings (SSSR count). The smallest absolute Gasteiger partial charge is 0.196 e. The van der Waals surface area contributed by atoms with Crippen LogP contribution in [0.4, 0.5) is 11.6 Å². The molecular weight excluding hydrogens is 154 g/mol. The van der Waals surface area contributed by atoms with Crippen molar-refractivity contribution >= 4 is 18.0 Å². The average molecular weight is 165 g/mol. The van der Waals surface area contributed by atoms with Gasteiger partial charge in [0.25, 0.3) is 0 Å². The first-order valence-corrected chi connectivity index (χ1v) is 3.47. The molecule has 1 heterocycles. The zero-order valence-corrected chi connectivity index (χ0v) is 7.10. The molecule has 0 aliphatic heterocycles. The lowest BCUT2D eigenvalue weighted by Gasteiger charge is -2.02. The Morgan fingerprint density at radius 1 is 1.42 bits per heavy atom. The Bertz CT molecular complexity index is 281. The van der Waals surface area contributed by atoms with Gasteiger partial charge in [0.2, 0.25) is 0 Å². The lowest BCUT2D eigenvalue weighted by atomic mass is 10.6. The first-order chi connectivity index (χ1) is 5.70. The van der Waals surface area contributed by atoms with Crippen LogP contribution in [0.5, 0.6) is 0 Å². The van der Waals surface area contributed by atoms with Crippen molar-refractivity contribution in [3.05, 3.63) is 12.4 Å². The minimum atomic E-state index is 0.343. The summed E-state index contributed by atoms with van der Waals surface area (Å²) in [5.74, 6) is 0.793. The van der Waals surface area contributed by atoms with Gasteiger partial charge >= 0.3 is 0 Å². The Kier molecular flexibility index (Phi) is 2.57. The van der Waals surface area contributed by atoms with Gasteiger partial charge in [-0.2, -0.15) is 0 Å². The van der Waals surface area contributed by atoms with Gasteiger partial charge < -0.3 is 10.6 Å². The standard InChI is InChI=1S/C7H11N5/c1-12(2)5-11-7-6(8)9-3-4-10-7/h3-5H,1-2H3,(H2,8,9). The van der Waals surface area contributed by atoms with E-state index in [1.807, 2.05) is 14.1 Å². The van der Waals surface area contributed by atoms with Crippen LogP contribution < -0.4 is 5.73 Å². The van der Waals surface area contributed by atoms with E-state index in [1.54, 1.807) is 17.4 Å². The van der Waals surface area contributed by atoms with Crippen molar-refractivity contribution in [3.63, 3.8) is 0 Å². The van der Waals surface area contributed by atoms with Gasteiger partial charge in [0.1, 0.15) is 0 Å². The van der Waals surface area contributed by atoms with Crippen LogP contribution in [-0.2, 0) is 0 Å². The Morgan fingerprint density at radius 2 is 2.08 bits per heavy atom. The van der Waals surface area contributed by atoms with Crippen molar-refractivity contribution in [1.29, 1.82) is 0 Å². The summed E-state index contributed by atoms with van der Waals surface area (Å²) in [6.07, 6.45) is 4.71. The van der Waals surface area contributed by atoms with E-state index in [0.29, 0.717) is 11.6 Å². The quantitative estimate of drug-likeness (QED) is 0.505. The Balaban J connectivity index is 2.82. The molecule has 0 atom stereocenters. The van der Waals surface area contributed by atoms with Gasteiger partial charge in [0.15, 0.2) is 11.6 Å². The molecule has 0 unspecified atom stereocenters. The average Bonchev–Trinajstić information content (AvgIpc) is 2.03. The van der Waals surface area contributed by atoms with Crippen molar-refractivity contribution in [2.45, 2.75) is 0 Å². The van der Waals surface area contributed by atoms with Crippen LogP contribution in [0.3, 0.4) is 0 Å². The number of hydrogen-bond acceptors (Lipinski definition) is 4. The maximum absolute atomic E-state index is 5.50. The second kappa shape index (κ2) is 3.66. The fourth-order valence-corrected chi connectivity index (χ4v) is 0.611. The van der Waals surface area contributed by atoms with Crippen LogP contribution in [0.15, 0.2) is 17.4 Å². The molecule has 12 heavy (non-hydrogen) atoms. The molecule has 2 N–H and O–H groups in total. The number of aromatic nitrogens is 2. The van der Waals surface area contributed by atoms with E-state index in [9.17, 15) is 0 Å². The molecule has 0 aliphatic rings. The van der Waals surface area contributed by atoms with Crippen LogP contribution in [0.1, 0.15) is 0 Å². The predicted octanol–water partition coefficient (Wildman–Crippen LogP) is 0.280. The first-order valence-electron chi connectivity index (χ1n) is 3.47. The van der Waals surface area contributed by atoms with Crippen LogP contribution in [0.2, 0.25) is 0 Å².